The second-order valence-electron chi connectivity index (χ2n) is 3.47. The minimum Gasteiger partial charge on any atom is -0.384 e. The number of hydrogen-bond acceptors (Lipinski definition) is 4. The third-order valence-corrected chi connectivity index (χ3v) is 2.22. The van der Waals surface area contributed by atoms with Crippen molar-refractivity contribution in [3.8, 4) is 0 Å². The Balaban J connectivity index is 1.85. The summed E-state index contributed by atoms with van der Waals surface area (Å²) in [7, 11) is 0. The van der Waals surface area contributed by atoms with Crippen LogP contribution in [0.5, 0.6) is 0 Å². The van der Waals surface area contributed by atoms with E-state index in [-0.39, 0.29) is 0 Å². The van der Waals surface area contributed by atoms with Crippen LogP contribution in [0.25, 0.3) is 0 Å². The van der Waals surface area contributed by atoms with Crippen molar-refractivity contribution in [3.05, 3.63) is 48.2 Å². The predicted molar refractivity (Wildman–Crippen MR) is 65.1 cm³/mol. The molecule has 0 bridgehead atoms. The normalized spacial score (nSPS) is 10.0. The fourth-order valence-corrected chi connectivity index (χ4v) is 1.42. The highest BCUT2D eigenvalue weighted by Crippen LogP contribution is 2.03. The Labute approximate surface area is 94.5 Å². The van der Waals surface area contributed by atoms with Crippen LogP contribution >= 0.6 is 0 Å². The van der Waals surface area contributed by atoms with E-state index in [4.69, 9.17) is 5.73 Å². The molecule has 0 saturated heterocycles. The number of nitrogens with two attached hydrogens (primary N) is 1. The van der Waals surface area contributed by atoms with Crippen LogP contribution < -0.4 is 11.1 Å². The molecular formula is C12H14N4. The summed E-state index contributed by atoms with van der Waals surface area (Å²) in [6.07, 6.45) is 2.59. The number of aromatic nitrogens is 2. The number of hydrogen-bond donors (Lipinski definition) is 2. The summed E-state index contributed by atoms with van der Waals surface area (Å²) in [4.78, 5) is 8.13. The Morgan fingerprint density at radius 1 is 1.12 bits per heavy atom. The van der Waals surface area contributed by atoms with Gasteiger partial charge >= 0.3 is 0 Å². The lowest BCUT2D eigenvalue weighted by atomic mass is 10.1. The summed E-state index contributed by atoms with van der Waals surface area (Å²) in [6, 6.07) is 11.9. The van der Waals surface area contributed by atoms with Gasteiger partial charge in [-0.3, -0.25) is 0 Å². The van der Waals surface area contributed by atoms with E-state index in [1.165, 1.54) is 5.56 Å². The third kappa shape index (κ3) is 2.95. The molecule has 0 amide bonds. The molecule has 3 N–H and O–H groups in total. The van der Waals surface area contributed by atoms with Gasteiger partial charge in [0.05, 0.1) is 0 Å². The topological polar surface area (TPSA) is 63.8 Å². The maximum atomic E-state index is 5.55. The molecule has 2 aromatic rings. The maximum absolute atomic E-state index is 5.55. The van der Waals surface area contributed by atoms with Gasteiger partial charge in [-0.1, -0.05) is 30.3 Å². The molecule has 0 radical (unpaired) electrons. The highest BCUT2D eigenvalue weighted by Gasteiger charge is 1.96. The van der Waals surface area contributed by atoms with E-state index in [1.54, 1.807) is 12.3 Å². The van der Waals surface area contributed by atoms with Gasteiger partial charge < -0.3 is 11.1 Å². The van der Waals surface area contributed by atoms with Crippen molar-refractivity contribution >= 4 is 11.8 Å². The molecule has 1 aromatic carbocycles. The summed E-state index contributed by atoms with van der Waals surface area (Å²) < 4.78 is 0. The minimum atomic E-state index is 0.484. The molecule has 0 aliphatic rings. The molecule has 4 nitrogen and oxygen atoms in total. The number of rotatable bonds is 4. The third-order valence-electron chi connectivity index (χ3n) is 2.22. The largest absolute Gasteiger partial charge is 0.384 e. The molecule has 0 aliphatic heterocycles. The van der Waals surface area contributed by atoms with E-state index in [0.29, 0.717) is 11.8 Å². The number of nitrogens with zero attached hydrogens (tertiary/aromatic N) is 2. The van der Waals surface area contributed by atoms with Crippen molar-refractivity contribution in [2.24, 2.45) is 0 Å². The smallest absolute Gasteiger partial charge is 0.224 e. The van der Waals surface area contributed by atoms with E-state index < -0.39 is 0 Å². The first-order valence-electron chi connectivity index (χ1n) is 5.21. The van der Waals surface area contributed by atoms with Gasteiger partial charge in [-0.05, 0) is 18.1 Å². The fourth-order valence-electron chi connectivity index (χ4n) is 1.42. The molecule has 2 rings (SSSR count). The highest BCUT2D eigenvalue weighted by molar-refractivity contribution is 5.35. The van der Waals surface area contributed by atoms with Crippen LogP contribution in [-0.2, 0) is 6.42 Å². The number of benzene rings is 1. The predicted octanol–water partition coefficient (Wildman–Crippen LogP) is 1.71. The molecule has 0 spiro atoms. The lowest BCUT2D eigenvalue weighted by Crippen LogP contribution is -2.08. The first-order valence-corrected chi connectivity index (χ1v) is 5.21. The number of nitrogen functional groups attached to an aromatic ring is 1. The van der Waals surface area contributed by atoms with Gasteiger partial charge in [0.1, 0.15) is 5.82 Å². The summed E-state index contributed by atoms with van der Waals surface area (Å²) in [6.45, 7) is 0.799. The van der Waals surface area contributed by atoms with Gasteiger partial charge in [0.25, 0.3) is 0 Å². The zero-order valence-electron chi connectivity index (χ0n) is 8.93. The van der Waals surface area contributed by atoms with Crippen LogP contribution in [0.1, 0.15) is 5.56 Å². The number of nitrogens with one attached hydrogen (secondary N) is 1. The first-order chi connectivity index (χ1) is 7.84. The van der Waals surface area contributed by atoms with Crippen molar-refractivity contribution < 1.29 is 0 Å². The van der Waals surface area contributed by atoms with Crippen LogP contribution in [0.4, 0.5) is 11.8 Å². The van der Waals surface area contributed by atoms with Gasteiger partial charge in [-0.2, -0.15) is 4.98 Å². The van der Waals surface area contributed by atoms with Crippen molar-refractivity contribution in [3.63, 3.8) is 0 Å². The average Bonchev–Trinajstić information content (AvgIpc) is 2.30. The Morgan fingerprint density at radius 3 is 2.69 bits per heavy atom. The average molecular weight is 214 g/mol. The molecule has 4 heteroatoms. The molecule has 1 aromatic heterocycles. The van der Waals surface area contributed by atoms with Crippen LogP contribution in [0.3, 0.4) is 0 Å². The van der Waals surface area contributed by atoms with Crippen molar-refractivity contribution in [1.82, 2.24) is 9.97 Å². The molecule has 0 saturated carbocycles. The van der Waals surface area contributed by atoms with Crippen molar-refractivity contribution in [2.75, 3.05) is 17.6 Å². The Hall–Kier alpha value is -2.10. The zero-order chi connectivity index (χ0) is 11.2. The van der Waals surface area contributed by atoms with E-state index in [1.807, 2.05) is 18.2 Å². The second-order valence-corrected chi connectivity index (χ2v) is 3.47. The molecule has 0 unspecified atom stereocenters. The van der Waals surface area contributed by atoms with Gasteiger partial charge in [0.15, 0.2) is 0 Å². The number of anilines is 2. The summed E-state index contributed by atoms with van der Waals surface area (Å²) in [5.74, 6) is 1.06. The summed E-state index contributed by atoms with van der Waals surface area (Å²) in [5, 5.41) is 3.13. The van der Waals surface area contributed by atoms with Crippen LogP contribution in [0.2, 0.25) is 0 Å². The molecule has 0 aliphatic carbocycles. The van der Waals surface area contributed by atoms with Gasteiger partial charge in [-0.15, -0.1) is 0 Å². The van der Waals surface area contributed by atoms with E-state index in [0.717, 1.165) is 13.0 Å². The Bertz CT molecular complexity index is 442. The Morgan fingerprint density at radius 2 is 1.94 bits per heavy atom. The van der Waals surface area contributed by atoms with Gasteiger partial charge in [0.2, 0.25) is 5.95 Å². The van der Waals surface area contributed by atoms with Crippen molar-refractivity contribution in [2.45, 2.75) is 6.42 Å². The fraction of sp³-hybridized carbons (Fsp3) is 0.167. The van der Waals surface area contributed by atoms with E-state index in [2.05, 4.69) is 27.4 Å². The first kappa shape index (κ1) is 10.4. The second kappa shape index (κ2) is 5.11. The lowest BCUT2D eigenvalue weighted by molar-refractivity contribution is 0.986. The molecule has 16 heavy (non-hydrogen) atoms. The van der Waals surface area contributed by atoms with E-state index in [9.17, 15) is 0 Å². The maximum Gasteiger partial charge on any atom is 0.224 e. The van der Waals surface area contributed by atoms with Crippen LogP contribution in [-0.4, -0.2) is 16.5 Å². The molecule has 82 valence electrons. The molecular weight excluding hydrogens is 200 g/mol. The SMILES string of the molecule is Nc1ccnc(NCCc2ccccc2)n1. The molecule has 0 fully saturated rings. The van der Waals surface area contributed by atoms with Gasteiger partial charge in [-0.25, -0.2) is 4.98 Å². The summed E-state index contributed by atoms with van der Waals surface area (Å²) >= 11 is 0. The van der Waals surface area contributed by atoms with Crippen LogP contribution in [0, 0.1) is 0 Å². The van der Waals surface area contributed by atoms with Crippen LogP contribution in [0.15, 0.2) is 42.6 Å². The molecule has 1 heterocycles. The summed E-state index contributed by atoms with van der Waals surface area (Å²) in [5.41, 5.74) is 6.84. The van der Waals surface area contributed by atoms with Crippen molar-refractivity contribution in [1.29, 1.82) is 0 Å². The Kier molecular flexibility index (Phi) is 3.33. The standard InChI is InChI=1S/C12H14N4/c13-11-7-9-15-12(16-11)14-8-6-10-4-2-1-3-5-10/h1-5,7,9H,6,8H2,(H3,13,14,15,16). The van der Waals surface area contributed by atoms with Gasteiger partial charge in [0, 0.05) is 12.7 Å². The zero-order valence-corrected chi connectivity index (χ0v) is 8.93. The molecule has 0 atom stereocenters. The quantitative estimate of drug-likeness (QED) is 0.813. The monoisotopic (exact) mass is 214 g/mol. The minimum absolute atomic E-state index is 0.484. The lowest BCUT2D eigenvalue weighted by Gasteiger charge is -2.04. The van der Waals surface area contributed by atoms with E-state index >= 15 is 0 Å². The highest BCUT2D eigenvalue weighted by atomic mass is 15.1.